The van der Waals surface area contributed by atoms with Gasteiger partial charge in [0.2, 0.25) is 0 Å². The normalized spacial score (nSPS) is 36.6. The van der Waals surface area contributed by atoms with Crippen molar-refractivity contribution in [3.05, 3.63) is 11.6 Å². The molecule has 0 unspecified atom stereocenters. The number of hydrogen-bond acceptors (Lipinski definition) is 1. The Hall–Kier alpha value is -0.590. The summed E-state index contributed by atoms with van der Waals surface area (Å²) < 4.78 is 0. The molecule has 1 aliphatic heterocycles. The van der Waals surface area contributed by atoms with Gasteiger partial charge < -0.3 is 0 Å². The number of hydrogen-bond donors (Lipinski definition) is 0. The zero-order chi connectivity index (χ0) is 9.64. The zero-order valence-electron chi connectivity index (χ0n) is 9.09. The summed E-state index contributed by atoms with van der Waals surface area (Å²) in [6, 6.07) is 0. The summed E-state index contributed by atoms with van der Waals surface area (Å²) in [7, 11) is 0. The van der Waals surface area contributed by atoms with E-state index in [1.165, 1.54) is 24.1 Å². The zero-order valence-corrected chi connectivity index (χ0v) is 9.09. The summed E-state index contributed by atoms with van der Waals surface area (Å²) in [5.74, 6) is 1.43. The van der Waals surface area contributed by atoms with Gasteiger partial charge in [0.1, 0.15) is 0 Å². The third-order valence-corrected chi connectivity index (χ3v) is 3.76. The maximum absolute atomic E-state index is 4.83. The molecular weight excluding hydrogens is 158 g/mol. The van der Waals surface area contributed by atoms with Gasteiger partial charge in [-0.05, 0) is 46.5 Å². The van der Waals surface area contributed by atoms with Gasteiger partial charge in [0, 0.05) is 11.6 Å². The fourth-order valence-electron chi connectivity index (χ4n) is 2.74. The first-order chi connectivity index (χ1) is 6.00. The molecule has 0 saturated heterocycles. The molecule has 13 heavy (non-hydrogen) atoms. The first-order valence-corrected chi connectivity index (χ1v) is 5.23. The van der Waals surface area contributed by atoms with Crippen LogP contribution in [-0.2, 0) is 0 Å². The molecule has 0 amide bonds. The second kappa shape index (κ2) is 2.70. The van der Waals surface area contributed by atoms with Crippen molar-refractivity contribution >= 4 is 5.71 Å². The topological polar surface area (TPSA) is 12.4 Å². The lowest BCUT2D eigenvalue weighted by atomic mass is 9.69. The SMILES string of the molecule is CC1=CC[C@H]2C[C@@H]1C(C)=NC2(C)C. The van der Waals surface area contributed by atoms with Gasteiger partial charge in [0.05, 0.1) is 5.54 Å². The van der Waals surface area contributed by atoms with Crippen LogP contribution in [0.2, 0.25) is 0 Å². The molecule has 0 saturated carbocycles. The van der Waals surface area contributed by atoms with Crippen LogP contribution in [0.4, 0.5) is 0 Å². The van der Waals surface area contributed by atoms with Crippen LogP contribution < -0.4 is 0 Å². The van der Waals surface area contributed by atoms with Gasteiger partial charge in [-0.25, -0.2) is 0 Å². The monoisotopic (exact) mass is 177 g/mol. The first kappa shape index (κ1) is 8.98. The van der Waals surface area contributed by atoms with Gasteiger partial charge in [-0.2, -0.15) is 0 Å². The van der Waals surface area contributed by atoms with Crippen molar-refractivity contribution in [1.82, 2.24) is 0 Å². The van der Waals surface area contributed by atoms with Crippen LogP contribution in [0.5, 0.6) is 0 Å². The van der Waals surface area contributed by atoms with E-state index < -0.39 is 0 Å². The summed E-state index contributed by atoms with van der Waals surface area (Å²) in [5.41, 5.74) is 3.06. The van der Waals surface area contributed by atoms with Crippen LogP contribution in [0, 0.1) is 11.8 Å². The maximum Gasteiger partial charge on any atom is 0.0582 e. The molecule has 2 aliphatic rings. The fraction of sp³-hybridized carbons (Fsp3) is 0.750. The Morgan fingerprint density at radius 1 is 1.38 bits per heavy atom. The number of fused-ring (bicyclic) bond motifs is 2. The first-order valence-electron chi connectivity index (χ1n) is 5.23. The molecule has 0 radical (unpaired) electrons. The number of allylic oxidation sites excluding steroid dienone is 2. The molecule has 2 bridgehead atoms. The Kier molecular flexibility index (Phi) is 1.86. The highest BCUT2D eigenvalue weighted by Crippen LogP contribution is 2.42. The lowest BCUT2D eigenvalue weighted by Gasteiger charge is -2.42. The molecule has 0 N–H and O–H groups in total. The smallest absolute Gasteiger partial charge is 0.0582 e. The van der Waals surface area contributed by atoms with E-state index in [2.05, 4.69) is 33.8 Å². The van der Waals surface area contributed by atoms with E-state index in [0.717, 1.165) is 5.92 Å². The van der Waals surface area contributed by atoms with Crippen molar-refractivity contribution in [2.75, 3.05) is 0 Å². The van der Waals surface area contributed by atoms with Gasteiger partial charge in [-0.3, -0.25) is 4.99 Å². The van der Waals surface area contributed by atoms with Crippen molar-refractivity contribution in [2.45, 2.75) is 46.1 Å². The third kappa shape index (κ3) is 1.34. The average molecular weight is 177 g/mol. The Morgan fingerprint density at radius 2 is 2.08 bits per heavy atom. The Labute approximate surface area is 80.9 Å². The number of aliphatic imine (C=N–C) groups is 1. The molecular formula is C12H19N. The van der Waals surface area contributed by atoms with E-state index in [0.29, 0.717) is 5.92 Å². The molecule has 1 aliphatic carbocycles. The van der Waals surface area contributed by atoms with E-state index in [9.17, 15) is 0 Å². The second-order valence-electron chi connectivity index (χ2n) is 5.08. The molecule has 72 valence electrons. The molecule has 0 aromatic carbocycles. The van der Waals surface area contributed by atoms with Crippen molar-refractivity contribution in [2.24, 2.45) is 16.8 Å². The van der Waals surface area contributed by atoms with E-state index in [1.54, 1.807) is 0 Å². The Morgan fingerprint density at radius 3 is 2.77 bits per heavy atom. The Balaban J connectivity index is 2.39. The van der Waals surface area contributed by atoms with Gasteiger partial charge in [-0.15, -0.1) is 0 Å². The van der Waals surface area contributed by atoms with Crippen LogP contribution in [0.3, 0.4) is 0 Å². The van der Waals surface area contributed by atoms with Gasteiger partial charge in [0.25, 0.3) is 0 Å². The molecule has 0 aromatic rings. The van der Waals surface area contributed by atoms with Crippen LogP contribution in [0.15, 0.2) is 16.6 Å². The van der Waals surface area contributed by atoms with E-state index >= 15 is 0 Å². The van der Waals surface area contributed by atoms with E-state index in [-0.39, 0.29) is 5.54 Å². The minimum absolute atomic E-state index is 0.178. The minimum Gasteiger partial charge on any atom is -0.287 e. The molecule has 1 heterocycles. The van der Waals surface area contributed by atoms with E-state index in [4.69, 9.17) is 4.99 Å². The summed E-state index contributed by atoms with van der Waals surface area (Å²) in [4.78, 5) is 4.83. The summed E-state index contributed by atoms with van der Waals surface area (Å²) >= 11 is 0. The van der Waals surface area contributed by atoms with Crippen molar-refractivity contribution in [1.29, 1.82) is 0 Å². The highest BCUT2D eigenvalue weighted by Gasteiger charge is 2.38. The van der Waals surface area contributed by atoms with Gasteiger partial charge in [-0.1, -0.05) is 11.6 Å². The number of nitrogens with zero attached hydrogens (tertiary/aromatic N) is 1. The highest BCUT2D eigenvalue weighted by atomic mass is 14.9. The van der Waals surface area contributed by atoms with Crippen LogP contribution >= 0.6 is 0 Å². The van der Waals surface area contributed by atoms with Gasteiger partial charge in [0.15, 0.2) is 0 Å². The van der Waals surface area contributed by atoms with Crippen molar-refractivity contribution < 1.29 is 0 Å². The molecule has 1 nitrogen and oxygen atoms in total. The Bertz CT molecular complexity index is 283. The molecule has 0 spiro atoms. The molecule has 0 fully saturated rings. The van der Waals surface area contributed by atoms with Crippen molar-refractivity contribution in [3.8, 4) is 0 Å². The molecule has 2 rings (SSSR count). The standard InChI is InChI=1S/C12H19N/c1-8-5-6-10-7-11(8)9(2)13-12(10,3)4/h5,10-11H,6-7H2,1-4H3/t10-,11-/m0/s1. The summed E-state index contributed by atoms with van der Waals surface area (Å²) in [5, 5.41) is 0. The third-order valence-electron chi connectivity index (χ3n) is 3.76. The molecule has 0 aromatic heterocycles. The predicted molar refractivity (Wildman–Crippen MR) is 57.2 cm³/mol. The van der Waals surface area contributed by atoms with Crippen LogP contribution in [0.1, 0.15) is 40.5 Å². The molecule has 2 atom stereocenters. The average Bonchev–Trinajstić information content (AvgIpc) is 2.02. The van der Waals surface area contributed by atoms with Crippen LogP contribution in [0.25, 0.3) is 0 Å². The largest absolute Gasteiger partial charge is 0.287 e. The highest BCUT2D eigenvalue weighted by molar-refractivity contribution is 5.88. The van der Waals surface area contributed by atoms with Gasteiger partial charge >= 0.3 is 0 Å². The summed E-state index contributed by atoms with van der Waals surface area (Å²) in [6.07, 6.45) is 4.97. The fourth-order valence-corrected chi connectivity index (χ4v) is 2.74. The van der Waals surface area contributed by atoms with Crippen LogP contribution in [-0.4, -0.2) is 11.3 Å². The van der Waals surface area contributed by atoms with Crippen molar-refractivity contribution in [3.63, 3.8) is 0 Å². The lowest BCUT2D eigenvalue weighted by Crippen LogP contribution is -2.40. The molecule has 1 heteroatoms. The second-order valence-corrected chi connectivity index (χ2v) is 5.08. The number of rotatable bonds is 0. The van der Waals surface area contributed by atoms with E-state index in [1.807, 2.05) is 0 Å². The lowest BCUT2D eigenvalue weighted by molar-refractivity contribution is 0.262. The quantitative estimate of drug-likeness (QED) is 0.504. The minimum atomic E-state index is 0.178. The maximum atomic E-state index is 4.83. The summed E-state index contributed by atoms with van der Waals surface area (Å²) in [6.45, 7) is 8.97. The predicted octanol–water partition coefficient (Wildman–Crippen LogP) is 3.21.